The summed E-state index contributed by atoms with van der Waals surface area (Å²) in [7, 11) is -0.493. The molecule has 4 rings (SSSR count). The highest BCUT2D eigenvalue weighted by Gasteiger charge is 2.46. The van der Waals surface area contributed by atoms with E-state index in [0.717, 1.165) is 29.5 Å². The zero-order valence-corrected chi connectivity index (χ0v) is 35.3. The predicted molar refractivity (Wildman–Crippen MR) is 219 cm³/mol. The molecular formula is C46H66O7Si. The maximum absolute atomic E-state index is 14.0. The van der Waals surface area contributed by atoms with E-state index in [1.807, 2.05) is 54.6 Å². The van der Waals surface area contributed by atoms with E-state index in [4.69, 9.17) is 28.1 Å². The predicted octanol–water partition coefficient (Wildman–Crippen LogP) is 10.3. The number of hydrogen-bond donors (Lipinski definition) is 0. The Bertz CT molecular complexity index is 1540. The van der Waals surface area contributed by atoms with Crippen LogP contribution in [0.4, 0.5) is 0 Å². The van der Waals surface area contributed by atoms with E-state index in [-0.39, 0.29) is 40.8 Å². The number of carbonyl (C=O) groups is 1. The molecule has 0 aromatic heterocycles. The minimum Gasteiger partial charge on any atom is -0.411 e. The fourth-order valence-corrected chi connectivity index (χ4v) is 8.14. The molecule has 1 fully saturated rings. The van der Waals surface area contributed by atoms with Gasteiger partial charge in [-0.15, -0.1) is 0 Å². The first-order chi connectivity index (χ1) is 25.8. The van der Waals surface area contributed by atoms with Gasteiger partial charge in [-0.2, -0.15) is 0 Å². The molecule has 1 heterocycles. The summed E-state index contributed by atoms with van der Waals surface area (Å²) in [5.74, 6) is 0.222. The molecule has 0 radical (unpaired) electrons. The molecule has 54 heavy (non-hydrogen) atoms. The van der Waals surface area contributed by atoms with E-state index in [1.165, 1.54) is 5.57 Å². The molecule has 0 bridgehead atoms. The van der Waals surface area contributed by atoms with Crippen LogP contribution in [-0.2, 0) is 52.7 Å². The van der Waals surface area contributed by atoms with Crippen LogP contribution in [-0.4, -0.2) is 59.0 Å². The van der Waals surface area contributed by atoms with Crippen LogP contribution in [0.3, 0.4) is 0 Å². The largest absolute Gasteiger partial charge is 0.411 e. The lowest BCUT2D eigenvalue weighted by Crippen LogP contribution is -2.54. The van der Waals surface area contributed by atoms with Crippen LogP contribution in [0.2, 0.25) is 18.1 Å². The fraction of sp³-hybridized carbons (Fsp3) is 0.543. The van der Waals surface area contributed by atoms with E-state index >= 15 is 0 Å². The molecule has 8 heteroatoms. The number of benzene rings is 3. The SMILES string of the molecule is CO[C@H]1O[C@H](C(=O)C[C@@H](C)C/C(C)=C/[C@@H](COCc2ccccc2)[C@@H](COCc2ccccc2)OCc2ccccc2)[C@@H](O[Si](C)(C)C(C)(C)C)C[C@H]1C. The number of Topliss-reactive ketones (excluding diaryl/α,β-unsaturated/α-hetero) is 1. The molecule has 1 saturated heterocycles. The molecule has 0 spiro atoms. The van der Waals surface area contributed by atoms with Gasteiger partial charge < -0.3 is 28.1 Å². The lowest BCUT2D eigenvalue weighted by molar-refractivity contribution is -0.229. The van der Waals surface area contributed by atoms with Gasteiger partial charge in [-0.25, -0.2) is 0 Å². The summed E-state index contributed by atoms with van der Waals surface area (Å²) in [5.41, 5.74) is 4.53. The Balaban J connectivity index is 1.49. The lowest BCUT2D eigenvalue weighted by Gasteiger charge is -2.45. The van der Waals surface area contributed by atoms with E-state index in [0.29, 0.717) is 39.5 Å². The van der Waals surface area contributed by atoms with Gasteiger partial charge in [0.1, 0.15) is 6.10 Å². The first kappa shape index (κ1) is 43.8. The third kappa shape index (κ3) is 14.0. The van der Waals surface area contributed by atoms with Crippen LogP contribution in [0, 0.1) is 17.8 Å². The van der Waals surface area contributed by atoms with Crippen molar-refractivity contribution in [3.05, 3.63) is 119 Å². The average molecular weight is 759 g/mol. The van der Waals surface area contributed by atoms with Crippen molar-refractivity contribution in [1.82, 2.24) is 0 Å². The molecule has 0 amide bonds. The fourth-order valence-electron chi connectivity index (χ4n) is 6.81. The Labute approximate surface area is 326 Å². The number of rotatable bonds is 21. The summed E-state index contributed by atoms with van der Waals surface area (Å²) in [4.78, 5) is 14.0. The van der Waals surface area contributed by atoms with Crippen LogP contribution in [0.1, 0.15) is 77.5 Å². The molecule has 1 aliphatic heterocycles. The minimum atomic E-state index is -2.14. The number of ketones is 1. The second-order valence-electron chi connectivity index (χ2n) is 16.8. The summed E-state index contributed by atoms with van der Waals surface area (Å²) in [6.45, 7) is 19.9. The Morgan fingerprint density at radius 1 is 0.833 bits per heavy atom. The van der Waals surface area contributed by atoms with E-state index in [9.17, 15) is 4.79 Å². The first-order valence-corrected chi connectivity index (χ1v) is 22.6. The Morgan fingerprint density at radius 3 is 1.87 bits per heavy atom. The average Bonchev–Trinajstić information content (AvgIpc) is 3.13. The highest BCUT2D eigenvalue weighted by Crippen LogP contribution is 2.40. The smallest absolute Gasteiger partial charge is 0.192 e. The van der Waals surface area contributed by atoms with Gasteiger partial charge in [0.2, 0.25) is 0 Å². The molecule has 7 nitrogen and oxygen atoms in total. The molecular weight excluding hydrogens is 693 g/mol. The molecule has 0 N–H and O–H groups in total. The van der Waals surface area contributed by atoms with Gasteiger partial charge in [0.15, 0.2) is 20.4 Å². The van der Waals surface area contributed by atoms with Gasteiger partial charge in [0.25, 0.3) is 0 Å². The van der Waals surface area contributed by atoms with Gasteiger partial charge in [-0.05, 0) is 60.5 Å². The Morgan fingerprint density at radius 2 is 1.35 bits per heavy atom. The number of hydrogen-bond acceptors (Lipinski definition) is 7. The van der Waals surface area contributed by atoms with Crippen molar-refractivity contribution in [2.75, 3.05) is 20.3 Å². The molecule has 7 atom stereocenters. The molecule has 0 aliphatic carbocycles. The maximum Gasteiger partial charge on any atom is 0.192 e. The third-order valence-electron chi connectivity index (χ3n) is 10.8. The van der Waals surface area contributed by atoms with Crippen LogP contribution in [0.25, 0.3) is 0 Å². The van der Waals surface area contributed by atoms with Crippen LogP contribution >= 0.6 is 0 Å². The summed E-state index contributed by atoms with van der Waals surface area (Å²) in [6.07, 6.45) is 2.53. The van der Waals surface area contributed by atoms with Gasteiger partial charge in [0.05, 0.1) is 45.2 Å². The molecule has 0 saturated carbocycles. The molecule has 3 aromatic rings. The van der Waals surface area contributed by atoms with Gasteiger partial charge in [-0.3, -0.25) is 4.79 Å². The highest BCUT2D eigenvalue weighted by molar-refractivity contribution is 6.74. The minimum absolute atomic E-state index is 0.0216. The van der Waals surface area contributed by atoms with Crippen molar-refractivity contribution in [3.8, 4) is 0 Å². The zero-order chi connectivity index (χ0) is 39.1. The lowest BCUT2D eigenvalue weighted by atomic mass is 9.88. The molecule has 0 unspecified atom stereocenters. The normalized spacial score (nSPS) is 21.4. The Hall–Kier alpha value is -2.95. The number of ether oxygens (including phenoxy) is 5. The van der Waals surface area contributed by atoms with Crippen LogP contribution in [0.15, 0.2) is 103 Å². The topological polar surface area (TPSA) is 72.5 Å². The van der Waals surface area contributed by atoms with Crippen molar-refractivity contribution in [2.24, 2.45) is 17.8 Å². The number of allylic oxidation sites excluding steroid dienone is 1. The standard InChI is InChI=1S/C46H66O7Si/c1-34(25-35(2)27-41(47)44-42(28-36(3)45(48-7)52-44)53-54(8,9)46(4,5)6)26-40(32-49-29-37-19-13-10-14-20-37)43(51-31-39-23-17-12-18-24-39)33-50-30-38-21-15-11-16-22-38/h10-24,26,35-36,40,42-45H,25,27-33H2,1-9H3/b34-26+/t35-,36+,40-,42-,43+,44+,45-/m0/s1. The molecule has 3 aromatic carbocycles. The quantitative estimate of drug-likeness (QED) is 0.0791. The first-order valence-electron chi connectivity index (χ1n) is 19.7. The van der Waals surface area contributed by atoms with Crippen LogP contribution < -0.4 is 0 Å². The third-order valence-corrected chi connectivity index (χ3v) is 15.3. The van der Waals surface area contributed by atoms with Crippen LogP contribution in [0.5, 0.6) is 0 Å². The number of methoxy groups -OCH3 is 1. The van der Waals surface area contributed by atoms with Crippen molar-refractivity contribution in [3.63, 3.8) is 0 Å². The van der Waals surface area contributed by atoms with Crippen molar-refractivity contribution < 1.29 is 32.9 Å². The molecule has 1 aliphatic rings. The summed E-state index contributed by atoms with van der Waals surface area (Å²) in [6, 6.07) is 30.7. The summed E-state index contributed by atoms with van der Waals surface area (Å²) >= 11 is 0. The van der Waals surface area contributed by atoms with Crippen molar-refractivity contribution in [1.29, 1.82) is 0 Å². The number of carbonyl (C=O) groups excluding carboxylic acids is 1. The summed E-state index contributed by atoms with van der Waals surface area (Å²) in [5, 5.41) is 0.0216. The Kier molecular flexibility index (Phi) is 17.3. The maximum atomic E-state index is 14.0. The monoisotopic (exact) mass is 758 g/mol. The second kappa shape index (κ2) is 21.4. The van der Waals surface area contributed by atoms with E-state index in [1.54, 1.807) is 7.11 Å². The van der Waals surface area contributed by atoms with Gasteiger partial charge >= 0.3 is 0 Å². The van der Waals surface area contributed by atoms with Crippen molar-refractivity contribution in [2.45, 2.75) is 123 Å². The second-order valence-corrected chi connectivity index (χ2v) is 21.5. The zero-order valence-electron chi connectivity index (χ0n) is 34.3. The van der Waals surface area contributed by atoms with Gasteiger partial charge in [-0.1, -0.05) is 137 Å². The van der Waals surface area contributed by atoms with E-state index in [2.05, 4.69) is 97.1 Å². The molecule has 296 valence electrons. The summed E-state index contributed by atoms with van der Waals surface area (Å²) < 4.78 is 38.2. The highest BCUT2D eigenvalue weighted by atomic mass is 28.4. The van der Waals surface area contributed by atoms with Crippen molar-refractivity contribution >= 4 is 14.1 Å². The van der Waals surface area contributed by atoms with E-state index < -0.39 is 20.7 Å². The van der Waals surface area contributed by atoms with Gasteiger partial charge in [0, 0.05) is 25.4 Å².